The van der Waals surface area contributed by atoms with Gasteiger partial charge in [0.05, 0.1) is 78.8 Å². The van der Waals surface area contributed by atoms with E-state index in [0.29, 0.717) is 22.5 Å². The van der Waals surface area contributed by atoms with Crippen LogP contribution in [-0.4, -0.2) is 24.4 Å². The Morgan fingerprint density at radius 2 is 0.847 bits per heavy atom. The van der Waals surface area contributed by atoms with Crippen molar-refractivity contribution in [3.8, 4) is 34.9 Å². The van der Waals surface area contributed by atoms with E-state index in [1.807, 2.05) is 109 Å². The zero-order valence-corrected chi connectivity index (χ0v) is 38.2. The molecule has 1 atom stereocenters. The van der Waals surface area contributed by atoms with Gasteiger partial charge in [0.25, 0.3) is 0 Å². The first-order valence-corrected chi connectivity index (χ1v) is 23.8. The molecule has 4 aromatic heterocycles. The molecule has 9 aromatic carbocycles. The normalized spacial score (nSPS) is 14.3. The lowest BCUT2D eigenvalue weighted by atomic mass is 9.83. The molecular weight excluding hydrogens is 898 g/mol. The largest absolute Gasteiger partial charge is 0.416 e. The lowest BCUT2D eigenvalue weighted by molar-refractivity contribution is -0.0888. The summed E-state index contributed by atoms with van der Waals surface area (Å²) in [6.45, 7) is 0. The molecular formula is C63H37F3N6. The second kappa shape index (κ2) is 15.5. The maximum Gasteiger partial charge on any atom is 0.416 e. The lowest BCUT2D eigenvalue weighted by Gasteiger charge is -2.27. The van der Waals surface area contributed by atoms with Crippen LogP contribution in [0.2, 0.25) is 0 Å². The van der Waals surface area contributed by atoms with Gasteiger partial charge >= 0.3 is 6.18 Å². The van der Waals surface area contributed by atoms with Gasteiger partial charge in [-0.05, 0) is 85.3 Å². The number of nitrogens with zero attached hydrogens (tertiary/aromatic N) is 6. The quantitative estimate of drug-likeness (QED) is 0.173. The number of fused-ring (bicyclic) bond motifs is 14. The fourth-order valence-electron chi connectivity index (χ4n) is 11.9. The highest BCUT2D eigenvalue weighted by atomic mass is 19.4. The van der Waals surface area contributed by atoms with Gasteiger partial charge in [0.2, 0.25) is 0 Å². The number of halogens is 3. The highest BCUT2D eigenvalue weighted by molar-refractivity contribution is 6.28. The lowest BCUT2D eigenvalue weighted by Crippen LogP contribution is -2.18. The molecule has 0 radical (unpaired) electrons. The number of para-hydroxylation sites is 6. The predicted octanol–water partition coefficient (Wildman–Crippen LogP) is 16.4. The average Bonchev–Trinajstić information content (AvgIpc) is 4.15. The van der Waals surface area contributed by atoms with Crippen LogP contribution in [0.1, 0.15) is 23.5 Å². The van der Waals surface area contributed by atoms with Gasteiger partial charge in [0, 0.05) is 71.5 Å². The molecule has 0 bridgehead atoms. The molecule has 0 saturated heterocycles. The molecule has 4 heterocycles. The molecule has 340 valence electrons. The van der Waals surface area contributed by atoms with Crippen LogP contribution in [0.3, 0.4) is 0 Å². The van der Waals surface area contributed by atoms with E-state index in [2.05, 4.69) is 115 Å². The van der Waals surface area contributed by atoms with Crippen molar-refractivity contribution >= 4 is 87.2 Å². The van der Waals surface area contributed by atoms with Gasteiger partial charge in [-0.3, -0.25) is 0 Å². The Morgan fingerprint density at radius 1 is 0.431 bits per heavy atom. The van der Waals surface area contributed by atoms with E-state index in [4.69, 9.17) is 0 Å². The van der Waals surface area contributed by atoms with Crippen molar-refractivity contribution < 1.29 is 13.2 Å². The Hall–Kier alpha value is -9.57. The number of allylic oxidation sites excluding steroid dienone is 4. The molecule has 72 heavy (non-hydrogen) atoms. The smallest absolute Gasteiger partial charge is 0.309 e. The maximum absolute atomic E-state index is 15.3. The Bertz CT molecular complexity index is 4350. The Morgan fingerprint density at radius 3 is 1.28 bits per heavy atom. The molecule has 9 heteroatoms. The molecule has 0 fully saturated rings. The second-order valence-electron chi connectivity index (χ2n) is 18.5. The van der Waals surface area contributed by atoms with Gasteiger partial charge in [-0.1, -0.05) is 127 Å². The van der Waals surface area contributed by atoms with Crippen LogP contribution in [0, 0.1) is 22.7 Å². The minimum Gasteiger partial charge on any atom is -0.309 e. The van der Waals surface area contributed by atoms with Crippen LogP contribution in [0.4, 0.5) is 13.2 Å². The molecule has 14 rings (SSSR count). The van der Waals surface area contributed by atoms with Crippen LogP contribution < -0.4 is 0 Å². The van der Waals surface area contributed by atoms with E-state index in [1.165, 1.54) is 6.08 Å². The minimum absolute atomic E-state index is 0.00169. The summed E-state index contributed by atoms with van der Waals surface area (Å²) in [5.41, 5.74) is 10.3. The summed E-state index contributed by atoms with van der Waals surface area (Å²) >= 11 is 0. The van der Waals surface area contributed by atoms with Crippen molar-refractivity contribution in [1.82, 2.24) is 18.3 Å². The van der Waals surface area contributed by atoms with Gasteiger partial charge in [-0.2, -0.15) is 23.7 Å². The molecule has 6 nitrogen and oxygen atoms in total. The molecule has 13 aromatic rings. The monoisotopic (exact) mass is 934 g/mol. The molecule has 0 spiro atoms. The first-order valence-electron chi connectivity index (χ1n) is 23.8. The summed E-state index contributed by atoms with van der Waals surface area (Å²) < 4.78 is 54.7. The van der Waals surface area contributed by atoms with Crippen molar-refractivity contribution in [2.75, 3.05) is 0 Å². The highest BCUT2D eigenvalue weighted by Crippen LogP contribution is 2.49. The van der Waals surface area contributed by atoms with Crippen molar-refractivity contribution in [1.29, 1.82) is 10.5 Å². The fraction of sp³-hybridized carbons (Fsp3) is 0.0476. The summed E-state index contributed by atoms with van der Waals surface area (Å²) in [5, 5.41) is 29.5. The zero-order valence-electron chi connectivity index (χ0n) is 38.2. The molecule has 1 aliphatic rings. The van der Waals surface area contributed by atoms with Crippen molar-refractivity contribution in [2.24, 2.45) is 0 Å². The Kier molecular flexibility index (Phi) is 8.90. The van der Waals surface area contributed by atoms with Crippen molar-refractivity contribution in [3.63, 3.8) is 0 Å². The van der Waals surface area contributed by atoms with Crippen LogP contribution in [0.15, 0.2) is 217 Å². The molecule has 0 aliphatic heterocycles. The standard InChI is InChI=1S/C63H37F3N6/c64-63(65,66)41-32-38(36-67)31-40(35-41)58-56(71-50-23-11-7-19-44(50)46-27-29-54-59(61(46)71)48-21-9-13-25-52(48)69(54)42-15-3-1-4-16-42)33-39(37-68)34-57(58)72-51-24-12-8-20-45(51)47-28-30-55-60(62(47)72)49-22-10-14-26-53(49)70(55)43-17-5-2-6-18-43/h1-30,32-35,40H,31H2. The highest BCUT2D eigenvalue weighted by Gasteiger charge is 2.38. The number of alkyl halides is 3. The molecule has 1 unspecified atom stereocenters. The van der Waals surface area contributed by atoms with E-state index in [1.54, 1.807) is 0 Å². The van der Waals surface area contributed by atoms with E-state index >= 15 is 13.2 Å². The first kappa shape index (κ1) is 41.4. The predicted molar refractivity (Wildman–Crippen MR) is 284 cm³/mol. The number of nitriles is 2. The third kappa shape index (κ3) is 5.89. The van der Waals surface area contributed by atoms with E-state index in [0.717, 1.165) is 105 Å². The van der Waals surface area contributed by atoms with Crippen LogP contribution in [-0.2, 0) is 0 Å². The summed E-state index contributed by atoms with van der Waals surface area (Å²) in [7, 11) is 0. The summed E-state index contributed by atoms with van der Waals surface area (Å²) in [4.78, 5) is 0. The SMILES string of the molecule is N#CC1=CC(C(F)(F)F)=CC(c2c(-n3c4ccccc4c4ccc5c(c6ccccc6n5-c5ccccc5)c43)cc(C#N)cc2-n2c3ccccc3c3ccc4c(c5ccccc5n4-c4ccccc4)c32)C1. The van der Waals surface area contributed by atoms with E-state index in [9.17, 15) is 10.5 Å². The number of benzene rings is 9. The Balaban J connectivity index is 1.21. The van der Waals surface area contributed by atoms with Gasteiger partial charge in [-0.15, -0.1) is 0 Å². The molecule has 0 amide bonds. The molecule has 1 aliphatic carbocycles. The Labute approximate surface area is 409 Å². The number of aromatic nitrogens is 4. The third-order valence-corrected chi connectivity index (χ3v) is 14.7. The average molecular weight is 935 g/mol. The number of hydrogen-bond acceptors (Lipinski definition) is 2. The van der Waals surface area contributed by atoms with Crippen LogP contribution >= 0.6 is 0 Å². The van der Waals surface area contributed by atoms with Gasteiger partial charge < -0.3 is 18.3 Å². The van der Waals surface area contributed by atoms with E-state index in [-0.39, 0.29) is 12.0 Å². The van der Waals surface area contributed by atoms with Gasteiger partial charge in [0.15, 0.2) is 0 Å². The number of hydrogen-bond donors (Lipinski definition) is 0. The van der Waals surface area contributed by atoms with Gasteiger partial charge in [0.1, 0.15) is 0 Å². The van der Waals surface area contributed by atoms with Crippen molar-refractivity contribution in [3.05, 3.63) is 229 Å². The molecule has 0 saturated carbocycles. The number of rotatable bonds is 5. The summed E-state index contributed by atoms with van der Waals surface area (Å²) in [6.07, 6.45) is -2.49. The second-order valence-corrected chi connectivity index (χ2v) is 18.5. The van der Waals surface area contributed by atoms with E-state index < -0.39 is 17.7 Å². The van der Waals surface area contributed by atoms with Crippen LogP contribution in [0.25, 0.3) is 110 Å². The topological polar surface area (TPSA) is 67.3 Å². The van der Waals surface area contributed by atoms with Gasteiger partial charge in [-0.25, -0.2) is 0 Å². The van der Waals surface area contributed by atoms with Crippen LogP contribution in [0.5, 0.6) is 0 Å². The third-order valence-electron chi connectivity index (χ3n) is 14.7. The fourth-order valence-corrected chi connectivity index (χ4v) is 11.9. The zero-order chi connectivity index (χ0) is 48.4. The van der Waals surface area contributed by atoms with Crippen molar-refractivity contribution in [2.45, 2.75) is 18.5 Å². The summed E-state index contributed by atoms with van der Waals surface area (Å²) in [6, 6.07) is 70.0. The maximum atomic E-state index is 15.3. The molecule has 0 N–H and O–H groups in total. The first-order chi connectivity index (χ1) is 35.3. The summed E-state index contributed by atoms with van der Waals surface area (Å²) in [5.74, 6) is -0.971. The minimum atomic E-state index is -4.75.